The lowest BCUT2D eigenvalue weighted by molar-refractivity contribution is -0.146. The standard InChI is InChI=1S/C11H22N2O4/c1-11(2,3)4-7(5-12)9(15)13-6-8(14)10(16)17/h7-8,14H,4-6,12H2,1-3H3,(H,13,15)(H,16,17). The molecule has 0 radical (unpaired) electrons. The monoisotopic (exact) mass is 246 g/mol. The first-order valence-corrected chi connectivity index (χ1v) is 5.56. The number of nitrogens with one attached hydrogen (secondary N) is 1. The molecule has 0 aliphatic carbocycles. The summed E-state index contributed by atoms with van der Waals surface area (Å²) in [6.07, 6.45) is -0.967. The third-order valence-corrected chi connectivity index (χ3v) is 2.27. The van der Waals surface area contributed by atoms with Gasteiger partial charge in [-0.25, -0.2) is 4.79 Å². The van der Waals surface area contributed by atoms with Gasteiger partial charge in [-0.3, -0.25) is 4.79 Å². The molecule has 0 heterocycles. The number of carbonyl (C=O) groups is 2. The Balaban J connectivity index is 4.23. The zero-order valence-corrected chi connectivity index (χ0v) is 10.6. The lowest BCUT2D eigenvalue weighted by Crippen LogP contribution is -2.42. The average molecular weight is 246 g/mol. The lowest BCUT2D eigenvalue weighted by Gasteiger charge is -2.24. The molecular weight excluding hydrogens is 224 g/mol. The number of amides is 1. The normalized spacial score (nSPS) is 15.1. The fourth-order valence-electron chi connectivity index (χ4n) is 1.45. The van der Waals surface area contributed by atoms with E-state index in [1.807, 2.05) is 20.8 Å². The minimum Gasteiger partial charge on any atom is -0.479 e. The zero-order valence-electron chi connectivity index (χ0n) is 10.6. The van der Waals surface area contributed by atoms with Crippen molar-refractivity contribution in [2.75, 3.05) is 13.1 Å². The summed E-state index contributed by atoms with van der Waals surface area (Å²) in [6.45, 7) is 5.89. The molecule has 0 fully saturated rings. The Bertz CT molecular complexity index is 273. The van der Waals surface area contributed by atoms with Gasteiger partial charge in [-0.1, -0.05) is 20.8 Å². The van der Waals surface area contributed by atoms with Gasteiger partial charge in [-0.15, -0.1) is 0 Å². The molecule has 0 spiro atoms. The van der Waals surface area contributed by atoms with Crippen LogP contribution in [0, 0.1) is 11.3 Å². The van der Waals surface area contributed by atoms with Gasteiger partial charge in [-0.05, 0) is 11.8 Å². The number of hydrogen-bond acceptors (Lipinski definition) is 4. The summed E-state index contributed by atoms with van der Waals surface area (Å²) in [5.41, 5.74) is 5.47. The van der Waals surface area contributed by atoms with Crippen LogP contribution >= 0.6 is 0 Å². The summed E-state index contributed by atoms with van der Waals surface area (Å²) in [5, 5.41) is 19.9. The second-order valence-corrected chi connectivity index (χ2v) is 5.30. The molecule has 1 amide bonds. The second-order valence-electron chi connectivity index (χ2n) is 5.30. The van der Waals surface area contributed by atoms with Crippen LogP contribution in [-0.4, -0.2) is 41.3 Å². The van der Waals surface area contributed by atoms with Crippen molar-refractivity contribution in [3.05, 3.63) is 0 Å². The lowest BCUT2D eigenvalue weighted by atomic mass is 9.84. The molecule has 0 saturated carbocycles. The Kier molecular flexibility index (Phi) is 6.12. The van der Waals surface area contributed by atoms with Crippen LogP contribution in [0.25, 0.3) is 0 Å². The smallest absolute Gasteiger partial charge is 0.334 e. The minimum atomic E-state index is -1.58. The predicted octanol–water partition coefficient (Wildman–Crippen LogP) is -0.441. The third kappa shape index (κ3) is 6.91. The number of rotatable bonds is 6. The van der Waals surface area contributed by atoms with Crippen LogP contribution in [-0.2, 0) is 9.59 Å². The van der Waals surface area contributed by atoms with Crippen molar-refractivity contribution in [2.24, 2.45) is 17.1 Å². The van der Waals surface area contributed by atoms with Crippen molar-refractivity contribution in [3.8, 4) is 0 Å². The summed E-state index contributed by atoms with van der Waals surface area (Å²) in [6, 6.07) is 0. The number of aliphatic hydroxyl groups excluding tert-OH is 1. The number of aliphatic hydroxyl groups is 1. The van der Waals surface area contributed by atoms with Gasteiger partial charge in [0.25, 0.3) is 0 Å². The maximum atomic E-state index is 11.7. The number of carbonyl (C=O) groups excluding carboxylic acids is 1. The maximum absolute atomic E-state index is 11.7. The topological polar surface area (TPSA) is 113 Å². The van der Waals surface area contributed by atoms with Crippen LogP contribution in [0.1, 0.15) is 27.2 Å². The molecule has 0 aromatic carbocycles. The second kappa shape index (κ2) is 6.56. The fourth-order valence-corrected chi connectivity index (χ4v) is 1.45. The first-order chi connectivity index (χ1) is 7.67. The van der Waals surface area contributed by atoms with Gasteiger partial charge in [0, 0.05) is 6.54 Å². The molecule has 0 rings (SSSR count). The van der Waals surface area contributed by atoms with Crippen LogP contribution in [0.15, 0.2) is 0 Å². The van der Waals surface area contributed by atoms with E-state index in [2.05, 4.69) is 5.32 Å². The zero-order chi connectivity index (χ0) is 13.6. The van der Waals surface area contributed by atoms with E-state index in [9.17, 15) is 9.59 Å². The summed E-state index contributed by atoms with van der Waals surface area (Å²) in [4.78, 5) is 22.0. The molecule has 0 aliphatic heterocycles. The number of aliphatic carboxylic acids is 1. The Morgan fingerprint density at radius 3 is 2.24 bits per heavy atom. The molecule has 0 bridgehead atoms. The van der Waals surface area contributed by atoms with E-state index in [1.54, 1.807) is 0 Å². The molecule has 17 heavy (non-hydrogen) atoms. The summed E-state index contributed by atoms with van der Waals surface area (Å²) in [5.74, 6) is -2.04. The van der Waals surface area contributed by atoms with Gasteiger partial charge in [0.15, 0.2) is 6.10 Å². The Morgan fingerprint density at radius 1 is 1.35 bits per heavy atom. The van der Waals surface area contributed by atoms with Gasteiger partial charge >= 0.3 is 5.97 Å². The summed E-state index contributed by atoms with van der Waals surface area (Å²) >= 11 is 0. The third-order valence-electron chi connectivity index (χ3n) is 2.27. The van der Waals surface area contributed by atoms with Crippen molar-refractivity contribution in [3.63, 3.8) is 0 Å². The molecular formula is C11H22N2O4. The summed E-state index contributed by atoms with van der Waals surface area (Å²) < 4.78 is 0. The molecule has 6 nitrogen and oxygen atoms in total. The van der Waals surface area contributed by atoms with Gasteiger partial charge in [0.1, 0.15) is 0 Å². The number of carboxylic acids is 1. The largest absolute Gasteiger partial charge is 0.479 e. The predicted molar refractivity (Wildman–Crippen MR) is 63.3 cm³/mol. The van der Waals surface area contributed by atoms with Gasteiger partial charge < -0.3 is 21.3 Å². The molecule has 0 aromatic rings. The maximum Gasteiger partial charge on any atom is 0.334 e. The first-order valence-electron chi connectivity index (χ1n) is 5.56. The fraction of sp³-hybridized carbons (Fsp3) is 0.818. The van der Waals surface area contributed by atoms with Gasteiger partial charge in [-0.2, -0.15) is 0 Å². The molecule has 0 aliphatic rings. The van der Waals surface area contributed by atoms with Crippen molar-refractivity contribution in [2.45, 2.75) is 33.3 Å². The van der Waals surface area contributed by atoms with Crippen LogP contribution in [0.3, 0.4) is 0 Å². The van der Waals surface area contributed by atoms with E-state index in [4.69, 9.17) is 15.9 Å². The highest BCUT2D eigenvalue weighted by molar-refractivity contribution is 5.80. The number of nitrogens with two attached hydrogens (primary N) is 1. The van der Waals surface area contributed by atoms with Crippen LogP contribution in [0.2, 0.25) is 0 Å². The quantitative estimate of drug-likeness (QED) is 0.507. The van der Waals surface area contributed by atoms with Crippen molar-refractivity contribution in [1.82, 2.24) is 5.32 Å². The molecule has 6 heteroatoms. The SMILES string of the molecule is CC(C)(C)CC(CN)C(=O)NCC(O)C(=O)O. The van der Waals surface area contributed by atoms with Crippen molar-refractivity contribution >= 4 is 11.9 Å². The Labute approximate surface area is 101 Å². The first kappa shape index (κ1) is 15.9. The molecule has 2 atom stereocenters. The molecule has 100 valence electrons. The van der Waals surface area contributed by atoms with E-state index in [1.165, 1.54) is 0 Å². The average Bonchev–Trinajstić information content (AvgIpc) is 2.20. The van der Waals surface area contributed by atoms with Gasteiger partial charge in [0.2, 0.25) is 5.91 Å². The highest BCUT2D eigenvalue weighted by Crippen LogP contribution is 2.23. The molecule has 5 N–H and O–H groups in total. The highest BCUT2D eigenvalue weighted by Gasteiger charge is 2.24. The van der Waals surface area contributed by atoms with E-state index < -0.39 is 12.1 Å². The number of hydrogen-bond donors (Lipinski definition) is 4. The molecule has 0 aromatic heterocycles. The van der Waals surface area contributed by atoms with Crippen molar-refractivity contribution in [1.29, 1.82) is 0 Å². The number of carboxylic acid groups (broad SMARTS) is 1. The van der Waals surface area contributed by atoms with E-state index in [-0.39, 0.29) is 30.3 Å². The van der Waals surface area contributed by atoms with Gasteiger partial charge in [0.05, 0.1) is 12.5 Å². The molecule has 0 saturated heterocycles. The van der Waals surface area contributed by atoms with E-state index in [0.717, 1.165) is 0 Å². The van der Waals surface area contributed by atoms with Crippen molar-refractivity contribution < 1.29 is 19.8 Å². The van der Waals surface area contributed by atoms with Crippen LogP contribution in [0.5, 0.6) is 0 Å². The molecule has 2 unspecified atom stereocenters. The van der Waals surface area contributed by atoms with E-state index >= 15 is 0 Å². The Morgan fingerprint density at radius 2 is 1.88 bits per heavy atom. The summed E-state index contributed by atoms with van der Waals surface area (Å²) in [7, 11) is 0. The minimum absolute atomic E-state index is 0.0349. The highest BCUT2D eigenvalue weighted by atomic mass is 16.4. The Hall–Kier alpha value is -1.14. The van der Waals surface area contributed by atoms with Crippen LogP contribution in [0.4, 0.5) is 0 Å². The van der Waals surface area contributed by atoms with Crippen LogP contribution < -0.4 is 11.1 Å². The van der Waals surface area contributed by atoms with E-state index in [0.29, 0.717) is 6.42 Å².